The van der Waals surface area contributed by atoms with E-state index in [0.717, 1.165) is 11.6 Å². The molecule has 1 amide bonds. The minimum atomic E-state index is -0.593. The summed E-state index contributed by atoms with van der Waals surface area (Å²) < 4.78 is 13.7. The summed E-state index contributed by atoms with van der Waals surface area (Å²) in [5, 5.41) is 11.3. The van der Waals surface area contributed by atoms with Crippen molar-refractivity contribution in [3.8, 4) is 11.8 Å². The number of pyridine rings is 1. The third-order valence-electron chi connectivity index (χ3n) is 2.71. The first-order chi connectivity index (χ1) is 10.2. The molecule has 0 aliphatic carbocycles. The van der Waals surface area contributed by atoms with Gasteiger partial charge in [0.2, 0.25) is 0 Å². The first-order valence-corrected chi connectivity index (χ1v) is 6.27. The summed E-state index contributed by atoms with van der Waals surface area (Å²) >= 11 is 0. The molecule has 0 saturated carbocycles. The molecule has 2 rings (SSSR count). The second kappa shape index (κ2) is 7.17. The van der Waals surface area contributed by atoms with E-state index in [1.54, 1.807) is 18.5 Å². The number of carbonyl (C=O) groups excluding carboxylic acids is 1. The maximum absolute atomic E-state index is 13.7. The van der Waals surface area contributed by atoms with Gasteiger partial charge in [0.1, 0.15) is 12.4 Å². The monoisotopic (exact) mass is 284 g/mol. The number of aliphatic hydroxyl groups is 1. The Morgan fingerprint density at radius 1 is 1.38 bits per heavy atom. The van der Waals surface area contributed by atoms with Gasteiger partial charge in [0, 0.05) is 24.5 Å². The second-order valence-electron chi connectivity index (χ2n) is 4.20. The third kappa shape index (κ3) is 4.13. The molecule has 106 valence electrons. The predicted octanol–water partition coefficient (Wildman–Crippen LogP) is 1.49. The maximum Gasteiger partial charge on any atom is 0.251 e. The van der Waals surface area contributed by atoms with Crippen molar-refractivity contribution >= 4 is 5.91 Å². The fourth-order valence-corrected chi connectivity index (χ4v) is 1.68. The van der Waals surface area contributed by atoms with Crippen molar-refractivity contribution in [2.45, 2.75) is 6.54 Å². The van der Waals surface area contributed by atoms with Gasteiger partial charge in [0.05, 0.1) is 5.56 Å². The standard InChI is InChI=1S/C16H13FN2O2/c17-15-9-14(6-5-13(15)4-2-8-20)16(21)19-11-12-3-1-7-18-10-12/h1,3,5-7,9-10,20H,8,11H2,(H,19,21). The average molecular weight is 284 g/mol. The van der Waals surface area contributed by atoms with E-state index in [2.05, 4.69) is 22.1 Å². The van der Waals surface area contributed by atoms with Gasteiger partial charge in [-0.25, -0.2) is 4.39 Å². The van der Waals surface area contributed by atoms with Crippen molar-refractivity contribution in [1.29, 1.82) is 0 Å². The van der Waals surface area contributed by atoms with Crippen LogP contribution in [0.5, 0.6) is 0 Å². The Morgan fingerprint density at radius 3 is 2.90 bits per heavy atom. The summed E-state index contributed by atoms with van der Waals surface area (Å²) in [6, 6.07) is 7.64. The number of aromatic nitrogens is 1. The molecule has 2 aromatic rings. The topological polar surface area (TPSA) is 62.2 Å². The van der Waals surface area contributed by atoms with E-state index in [0.29, 0.717) is 6.54 Å². The van der Waals surface area contributed by atoms with Crippen LogP contribution in [0.15, 0.2) is 42.7 Å². The number of nitrogens with one attached hydrogen (secondary N) is 1. The third-order valence-corrected chi connectivity index (χ3v) is 2.71. The molecule has 1 heterocycles. The first-order valence-electron chi connectivity index (χ1n) is 6.27. The maximum atomic E-state index is 13.7. The minimum Gasteiger partial charge on any atom is -0.384 e. The zero-order chi connectivity index (χ0) is 15.1. The summed E-state index contributed by atoms with van der Waals surface area (Å²) in [5.74, 6) is 3.86. The predicted molar refractivity (Wildman–Crippen MR) is 75.8 cm³/mol. The Hall–Kier alpha value is -2.71. The zero-order valence-electron chi connectivity index (χ0n) is 11.1. The Kier molecular flexibility index (Phi) is 5.02. The lowest BCUT2D eigenvalue weighted by Crippen LogP contribution is -2.23. The normalized spacial score (nSPS) is 9.62. The van der Waals surface area contributed by atoms with Gasteiger partial charge in [0.15, 0.2) is 0 Å². The van der Waals surface area contributed by atoms with Crippen LogP contribution in [0.25, 0.3) is 0 Å². The molecule has 0 fully saturated rings. The van der Waals surface area contributed by atoms with E-state index < -0.39 is 5.82 Å². The number of rotatable bonds is 3. The van der Waals surface area contributed by atoms with Crippen molar-refractivity contribution in [2.75, 3.05) is 6.61 Å². The van der Waals surface area contributed by atoms with E-state index in [-0.39, 0.29) is 23.6 Å². The van der Waals surface area contributed by atoms with Crippen LogP contribution >= 0.6 is 0 Å². The van der Waals surface area contributed by atoms with E-state index in [9.17, 15) is 9.18 Å². The van der Waals surface area contributed by atoms with E-state index >= 15 is 0 Å². The van der Waals surface area contributed by atoms with Crippen LogP contribution in [0.1, 0.15) is 21.5 Å². The number of nitrogens with zero attached hydrogens (tertiary/aromatic N) is 1. The summed E-state index contributed by atoms with van der Waals surface area (Å²) in [6.07, 6.45) is 3.29. The second-order valence-corrected chi connectivity index (χ2v) is 4.20. The molecule has 0 unspecified atom stereocenters. The molecule has 5 heteroatoms. The summed E-state index contributed by atoms with van der Waals surface area (Å²) in [5.41, 5.74) is 1.22. The molecule has 4 nitrogen and oxygen atoms in total. The minimum absolute atomic E-state index is 0.146. The van der Waals surface area contributed by atoms with Gasteiger partial charge in [-0.05, 0) is 29.8 Å². The summed E-state index contributed by atoms with van der Waals surface area (Å²) in [6.45, 7) is -0.0207. The van der Waals surface area contributed by atoms with Crippen LogP contribution in [0.2, 0.25) is 0 Å². The van der Waals surface area contributed by atoms with Crippen molar-refractivity contribution in [2.24, 2.45) is 0 Å². The van der Waals surface area contributed by atoms with Crippen LogP contribution in [-0.2, 0) is 6.54 Å². The highest BCUT2D eigenvalue weighted by molar-refractivity contribution is 5.94. The van der Waals surface area contributed by atoms with Crippen molar-refractivity contribution in [3.63, 3.8) is 0 Å². The van der Waals surface area contributed by atoms with Crippen molar-refractivity contribution in [1.82, 2.24) is 10.3 Å². The number of amides is 1. The van der Waals surface area contributed by atoms with Gasteiger partial charge in [-0.15, -0.1) is 0 Å². The number of carbonyl (C=O) groups is 1. The number of halogens is 1. The fraction of sp³-hybridized carbons (Fsp3) is 0.125. The van der Waals surface area contributed by atoms with Gasteiger partial charge in [-0.3, -0.25) is 9.78 Å². The number of hydrogen-bond donors (Lipinski definition) is 2. The van der Waals surface area contributed by atoms with Crippen LogP contribution < -0.4 is 5.32 Å². The average Bonchev–Trinajstić information content (AvgIpc) is 2.52. The number of benzene rings is 1. The van der Waals surface area contributed by atoms with Crippen LogP contribution in [0, 0.1) is 17.7 Å². The van der Waals surface area contributed by atoms with Gasteiger partial charge < -0.3 is 10.4 Å². The van der Waals surface area contributed by atoms with E-state index in [1.807, 2.05) is 6.07 Å². The molecular formula is C16H13FN2O2. The molecule has 0 saturated heterocycles. The molecule has 0 radical (unpaired) electrons. The van der Waals surface area contributed by atoms with E-state index in [1.165, 1.54) is 12.1 Å². The number of aliphatic hydroxyl groups excluding tert-OH is 1. The zero-order valence-corrected chi connectivity index (χ0v) is 11.1. The van der Waals surface area contributed by atoms with Crippen molar-refractivity contribution in [3.05, 3.63) is 65.2 Å². The summed E-state index contributed by atoms with van der Waals surface area (Å²) in [7, 11) is 0. The Bertz CT molecular complexity index is 690. The highest BCUT2D eigenvalue weighted by Gasteiger charge is 2.08. The molecule has 0 atom stereocenters. The SMILES string of the molecule is O=C(NCc1cccnc1)c1ccc(C#CCO)c(F)c1. The molecule has 1 aromatic heterocycles. The van der Waals surface area contributed by atoms with Crippen LogP contribution in [0.3, 0.4) is 0 Å². The Labute approximate surface area is 121 Å². The highest BCUT2D eigenvalue weighted by atomic mass is 19.1. The molecule has 0 bridgehead atoms. The lowest BCUT2D eigenvalue weighted by molar-refractivity contribution is 0.0950. The van der Waals surface area contributed by atoms with Gasteiger partial charge in [0.25, 0.3) is 5.91 Å². The smallest absolute Gasteiger partial charge is 0.251 e. The Balaban J connectivity index is 2.04. The molecular weight excluding hydrogens is 271 g/mol. The quantitative estimate of drug-likeness (QED) is 0.840. The first kappa shape index (κ1) is 14.7. The van der Waals surface area contributed by atoms with Crippen LogP contribution in [0.4, 0.5) is 4.39 Å². The molecule has 0 spiro atoms. The van der Waals surface area contributed by atoms with Gasteiger partial charge in [-0.2, -0.15) is 0 Å². The van der Waals surface area contributed by atoms with Gasteiger partial charge in [-0.1, -0.05) is 17.9 Å². The fourth-order valence-electron chi connectivity index (χ4n) is 1.68. The van der Waals surface area contributed by atoms with Crippen LogP contribution in [-0.4, -0.2) is 22.6 Å². The summed E-state index contributed by atoms with van der Waals surface area (Å²) in [4.78, 5) is 15.9. The molecule has 2 N–H and O–H groups in total. The molecule has 0 aliphatic rings. The highest BCUT2D eigenvalue weighted by Crippen LogP contribution is 2.09. The molecule has 0 aliphatic heterocycles. The number of hydrogen-bond acceptors (Lipinski definition) is 3. The molecule has 21 heavy (non-hydrogen) atoms. The Morgan fingerprint density at radius 2 is 2.24 bits per heavy atom. The lowest BCUT2D eigenvalue weighted by atomic mass is 10.1. The lowest BCUT2D eigenvalue weighted by Gasteiger charge is -2.05. The molecule has 1 aromatic carbocycles. The van der Waals surface area contributed by atoms with Crippen molar-refractivity contribution < 1.29 is 14.3 Å². The largest absolute Gasteiger partial charge is 0.384 e. The van der Waals surface area contributed by atoms with Gasteiger partial charge >= 0.3 is 0 Å². The van der Waals surface area contributed by atoms with E-state index in [4.69, 9.17) is 5.11 Å².